The van der Waals surface area contributed by atoms with E-state index >= 15 is 0 Å². The van der Waals surface area contributed by atoms with Crippen molar-refractivity contribution in [3.05, 3.63) is 35.6 Å². The van der Waals surface area contributed by atoms with Gasteiger partial charge in [0.15, 0.2) is 12.4 Å². The van der Waals surface area contributed by atoms with Crippen LogP contribution in [0.15, 0.2) is 24.3 Å². The number of carbonyl (C=O) groups excluding carboxylic acids is 3. The molecule has 0 unspecified atom stereocenters. The van der Waals surface area contributed by atoms with E-state index in [-0.39, 0.29) is 42.6 Å². The zero-order valence-electron chi connectivity index (χ0n) is 17.5. The van der Waals surface area contributed by atoms with Crippen LogP contribution in [0, 0.1) is 29.0 Å². The van der Waals surface area contributed by atoms with Gasteiger partial charge in [0.25, 0.3) is 5.91 Å². The van der Waals surface area contributed by atoms with E-state index in [9.17, 15) is 18.8 Å². The third-order valence-electron chi connectivity index (χ3n) is 7.47. The molecule has 5 nitrogen and oxygen atoms in total. The van der Waals surface area contributed by atoms with Crippen molar-refractivity contribution >= 4 is 17.7 Å². The molecule has 1 atom stereocenters. The van der Waals surface area contributed by atoms with E-state index in [1.54, 1.807) is 0 Å². The SMILES string of the molecule is C[C@H](NC(=O)COC(=O)CCC(=O)c1ccc(F)cc1)C12CC3CC(CC(C3)C1)C2. The summed E-state index contributed by atoms with van der Waals surface area (Å²) in [5.41, 5.74) is 0.557. The second-order valence-electron chi connectivity index (χ2n) is 9.66. The Labute approximate surface area is 176 Å². The lowest BCUT2D eigenvalue weighted by molar-refractivity contribution is -0.149. The number of hydrogen-bond donors (Lipinski definition) is 1. The van der Waals surface area contributed by atoms with E-state index in [0.29, 0.717) is 5.56 Å². The van der Waals surface area contributed by atoms with Gasteiger partial charge in [-0.05, 0) is 92.9 Å². The summed E-state index contributed by atoms with van der Waals surface area (Å²) >= 11 is 0. The van der Waals surface area contributed by atoms with Crippen LogP contribution in [-0.2, 0) is 14.3 Å². The Kier molecular flexibility index (Phi) is 5.94. The summed E-state index contributed by atoms with van der Waals surface area (Å²) in [4.78, 5) is 36.3. The maximum atomic E-state index is 12.9. The molecule has 30 heavy (non-hydrogen) atoms. The van der Waals surface area contributed by atoms with E-state index in [1.807, 2.05) is 0 Å². The number of carbonyl (C=O) groups is 3. The van der Waals surface area contributed by atoms with Crippen molar-refractivity contribution in [2.75, 3.05) is 6.61 Å². The van der Waals surface area contributed by atoms with Gasteiger partial charge < -0.3 is 10.1 Å². The van der Waals surface area contributed by atoms with Gasteiger partial charge in [0.2, 0.25) is 0 Å². The van der Waals surface area contributed by atoms with Crippen LogP contribution in [0.2, 0.25) is 0 Å². The Morgan fingerprint density at radius 1 is 1.03 bits per heavy atom. The first kappa shape index (κ1) is 21.0. The third-order valence-corrected chi connectivity index (χ3v) is 7.47. The first-order valence-electron chi connectivity index (χ1n) is 11.1. The molecule has 1 amide bonds. The first-order valence-corrected chi connectivity index (χ1v) is 11.1. The normalized spacial score (nSPS) is 30.0. The zero-order valence-corrected chi connectivity index (χ0v) is 17.5. The molecule has 0 saturated heterocycles. The fourth-order valence-corrected chi connectivity index (χ4v) is 6.36. The number of ketones is 1. The standard InChI is InChI=1S/C24H30FNO4/c1-15(24-11-16-8-17(12-24)10-18(9-16)13-24)26-22(28)14-30-23(29)7-6-21(27)19-2-4-20(25)5-3-19/h2-5,15-18H,6-14H2,1H3,(H,26,28)/t15-,16?,17?,18?,24?/m0/s1. The van der Waals surface area contributed by atoms with Gasteiger partial charge in [-0.2, -0.15) is 0 Å². The van der Waals surface area contributed by atoms with Crippen molar-refractivity contribution in [3.8, 4) is 0 Å². The highest BCUT2D eigenvalue weighted by Crippen LogP contribution is 2.61. The van der Waals surface area contributed by atoms with E-state index in [4.69, 9.17) is 4.74 Å². The average molecular weight is 416 g/mol. The molecule has 4 fully saturated rings. The van der Waals surface area contributed by atoms with Crippen molar-refractivity contribution < 1.29 is 23.5 Å². The molecule has 1 N–H and O–H groups in total. The van der Waals surface area contributed by atoms with Crippen LogP contribution >= 0.6 is 0 Å². The Morgan fingerprint density at radius 2 is 1.60 bits per heavy atom. The number of rotatable bonds is 8. The lowest BCUT2D eigenvalue weighted by Gasteiger charge is -2.59. The lowest BCUT2D eigenvalue weighted by atomic mass is 9.48. The van der Waals surface area contributed by atoms with Crippen LogP contribution in [-0.4, -0.2) is 30.3 Å². The summed E-state index contributed by atoms with van der Waals surface area (Å²) in [6, 6.07) is 5.28. The van der Waals surface area contributed by atoms with E-state index < -0.39 is 11.8 Å². The number of Topliss-reactive ketones (excluding diaryl/α,β-unsaturated/α-hetero) is 1. The van der Waals surface area contributed by atoms with Crippen LogP contribution in [0.5, 0.6) is 0 Å². The molecular formula is C24H30FNO4. The van der Waals surface area contributed by atoms with Gasteiger partial charge in [-0.25, -0.2) is 4.39 Å². The molecule has 162 valence electrons. The number of halogens is 1. The number of esters is 1. The second kappa shape index (κ2) is 8.48. The summed E-state index contributed by atoms with van der Waals surface area (Å²) in [7, 11) is 0. The molecule has 6 heteroatoms. The maximum absolute atomic E-state index is 12.9. The zero-order chi connectivity index (χ0) is 21.3. The molecule has 1 aromatic rings. The topological polar surface area (TPSA) is 72.5 Å². The predicted octanol–water partition coefficient (Wildman–Crippen LogP) is 4.05. The molecule has 5 rings (SSSR count). The van der Waals surface area contributed by atoms with Crippen molar-refractivity contribution in [2.24, 2.45) is 23.2 Å². The van der Waals surface area contributed by atoms with Crippen LogP contribution in [0.25, 0.3) is 0 Å². The highest BCUT2D eigenvalue weighted by Gasteiger charge is 2.53. The molecule has 0 aromatic heterocycles. The van der Waals surface area contributed by atoms with Gasteiger partial charge in [0.1, 0.15) is 5.82 Å². The smallest absolute Gasteiger partial charge is 0.306 e. The average Bonchev–Trinajstić information content (AvgIpc) is 2.70. The van der Waals surface area contributed by atoms with Crippen molar-refractivity contribution in [1.29, 1.82) is 0 Å². The number of benzene rings is 1. The molecule has 0 radical (unpaired) electrons. The van der Waals surface area contributed by atoms with Crippen molar-refractivity contribution in [3.63, 3.8) is 0 Å². The van der Waals surface area contributed by atoms with E-state index in [0.717, 1.165) is 17.8 Å². The summed E-state index contributed by atoms with van der Waals surface area (Å²) in [5, 5.41) is 3.07. The first-order chi connectivity index (χ1) is 14.3. The molecular weight excluding hydrogens is 385 g/mol. The Hall–Kier alpha value is -2.24. The number of ether oxygens (including phenoxy) is 1. The largest absolute Gasteiger partial charge is 0.456 e. The van der Waals surface area contributed by atoms with E-state index in [2.05, 4.69) is 12.2 Å². The molecule has 1 aromatic carbocycles. The summed E-state index contributed by atoms with van der Waals surface area (Å²) in [6.45, 7) is 1.77. The molecule has 4 saturated carbocycles. The fourth-order valence-electron chi connectivity index (χ4n) is 6.36. The van der Waals surface area contributed by atoms with E-state index in [1.165, 1.54) is 62.8 Å². The van der Waals surface area contributed by atoms with Gasteiger partial charge in [0.05, 0.1) is 6.42 Å². The van der Waals surface area contributed by atoms with Gasteiger partial charge in [-0.3, -0.25) is 14.4 Å². The minimum atomic E-state index is -0.580. The fraction of sp³-hybridized carbons (Fsp3) is 0.625. The Morgan fingerprint density at radius 3 is 2.17 bits per heavy atom. The quantitative estimate of drug-likeness (QED) is 0.514. The maximum Gasteiger partial charge on any atom is 0.306 e. The molecule has 0 spiro atoms. The Bertz CT molecular complexity index is 784. The van der Waals surface area contributed by atoms with Crippen LogP contribution < -0.4 is 5.32 Å². The number of amides is 1. The predicted molar refractivity (Wildman–Crippen MR) is 109 cm³/mol. The number of hydrogen-bond acceptors (Lipinski definition) is 4. The summed E-state index contributed by atoms with van der Waals surface area (Å²) < 4.78 is 18.0. The third kappa shape index (κ3) is 4.57. The second-order valence-corrected chi connectivity index (χ2v) is 9.66. The summed E-state index contributed by atoms with van der Waals surface area (Å²) in [6.07, 6.45) is 7.53. The summed E-state index contributed by atoms with van der Waals surface area (Å²) in [5.74, 6) is 0.900. The molecule has 0 heterocycles. The molecule has 0 aliphatic heterocycles. The van der Waals surface area contributed by atoms with Crippen LogP contribution in [0.3, 0.4) is 0 Å². The van der Waals surface area contributed by atoms with Crippen LogP contribution in [0.1, 0.15) is 68.6 Å². The Balaban J connectivity index is 1.19. The monoisotopic (exact) mass is 415 g/mol. The highest BCUT2D eigenvalue weighted by molar-refractivity contribution is 5.97. The van der Waals surface area contributed by atoms with Crippen molar-refractivity contribution in [2.45, 2.75) is 64.3 Å². The van der Waals surface area contributed by atoms with Crippen LogP contribution in [0.4, 0.5) is 4.39 Å². The number of nitrogens with one attached hydrogen (secondary N) is 1. The van der Waals surface area contributed by atoms with Gasteiger partial charge in [-0.15, -0.1) is 0 Å². The molecule has 4 bridgehead atoms. The van der Waals surface area contributed by atoms with Crippen molar-refractivity contribution in [1.82, 2.24) is 5.32 Å². The van der Waals surface area contributed by atoms with Gasteiger partial charge >= 0.3 is 5.97 Å². The molecule has 4 aliphatic carbocycles. The van der Waals surface area contributed by atoms with Gasteiger partial charge in [0, 0.05) is 18.0 Å². The lowest BCUT2D eigenvalue weighted by Crippen LogP contribution is -2.56. The van der Waals surface area contributed by atoms with Gasteiger partial charge in [-0.1, -0.05) is 0 Å². The molecule has 4 aliphatic rings. The minimum Gasteiger partial charge on any atom is -0.456 e. The highest BCUT2D eigenvalue weighted by atomic mass is 19.1. The minimum absolute atomic E-state index is 0.0320.